The molecule has 2 amide bonds. The molecule has 7 heteroatoms. The number of aromatic nitrogens is 3. The van der Waals surface area contributed by atoms with Crippen LogP contribution >= 0.6 is 0 Å². The van der Waals surface area contributed by atoms with Crippen LogP contribution in [0.25, 0.3) is 0 Å². The van der Waals surface area contributed by atoms with Crippen LogP contribution in [0, 0.1) is 5.92 Å². The number of rotatable bonds is 4. The van der Waals surface area contributed by atoms with Gasteiger partial charge in [-0.05, 0) is 18.4 Å². The Morgan fingerprint density at radius 3 is 3.08 bits per heavy atom. The number of hydrogen-bond donors (Lipinski definition) is 1. The van der Waals surface area contributed by atoms with Gasteiger partial charge in [-0.3, -0.25) is 0 Å². The van der Waals surface area contributed by atoms with Crippen LogP contribution in [0.3, 0.4) is 0 Å². The van der Waals surface area contributed by atoms with Crippen LogP contribution in [0.1, 0.15) is 25.1 Å². The molecule has 128 valence electrons. The number of methoxy groups -OCH3 is 1. The molecule has 0 bridgehead atoms. The highest BCUT2D eigenvalue weighted by Gasteiger charge is 2.29. The van der Waals surface area contributed by atoms with E-state index in [4.69, 9.17) is 4.74 Å². The molecule has 2 atom stereocenters. The van der Waals surface area contributed by atoms with Gasteiger partial charge in [0, 0.05) is 31.5 Å². The molecule has 0 radical (unpaired) electrons. The van der Waals surface area contributed by atoms with Gasteiger partial charge in [-0.2, -0.15) is 0 Å². The van der Waals surface area contributed by atoms with E-state index in [1.165, 1.54) is 0 Å². The summed E-state index contributed by atoms with van der Waals surface area (Å²) in [6.07, 6.45) is 6.54. The standard InChI is InChI=1S/C17H23N5O2/c1-13-6-8-21(11-15(13)22-9-7-18-12-22)17(23)19-10-14-4-3-5-16(20-14)24-2/h3-5,7,9,12-13,15H,6,8,10-11H2,1-2H3,(H,19,23). The van der Waals surface area contributed by atoms with E-state index in [1.54, 1.807) is 19.4 Å². The van der Waals surface area contributed by atoms with Crippen molar-refractivity contribution in [1.82, 2.24) is 24.8 Å². The molecule has 1 aliphatic heterocycles. The Morgan fingerprint density at radius 1 is 1.46 bits per heavy atom. The Labute approximate surface area is 141 Å². The third-order valence-electron chi connectivity index (χ3n) is 4.52. The summed E-state index contributed by atoms with van der Waals surface area (Å²) in [5.74, 6) is 1.07. The fourth-order valence-electron chi connectivity index (χ4n) is 3.03. The number of urea groups is 1. The lowest BCUT2D eigenvalue weighted by Gasteiger charge is -2.37. The molecule has 0 aromatic carbocycles. The summed E-state index contributed by atoms with van der Waals surface area (Å²) in [4.78, 5) is 22.8. The van der Waals surface area contributed by atoms with Gasteiger partial charge >= 0.3 is 6.03 Å². The second-order valence-electron chi connectivity index (χ2n) is 6.12. The predicted molar refractivity (Wildman–Crippen MR) is 89.6 cm³/mol. The number of imidazole rings is 1. The summed E-state index contributed by atoms with van der Waals surface area (Å²) in [5, 5.41) is 2.94. The summed E-state index contributed by atoms with van der Waals surface area (Å²) in [6, 6.07) is 5.73. The van der Waals surface area contributed by atoms with Crippen molar-refractivity contribution in [3.05, 3.63) is 42.6 Å². The summed E-state index contributed by atoms with van der Waals surface area (Å²) in [6.45, 7) is 4.07. The molecule has 3 heterocycles. The van der Waals surface area contributed by atoms with Gasteiger partial charge in [-0.15, -0.1) is 0 Å². The van der Waals surface area contributed by atoms with E-state index in [0.29, 0.717) is 24.9 Å². The lowest BCUT2D eigenvalue weighted by molar-refractivity contribution is 0.139. The van der Waals surface area contributed by atoms with E-state index in [9.17, 15) is 4.79 Å². The van der Waals surface area contributed by atoms with Gasteiger partial charge in [0.15, 0.2) is 0 Å². The van der Waals surface area contributed by atoms with Gasteiger partial charge < -0.3 is 19.5 Å². The summed E-state index contributed by atoms with van der Waals surface area (Å²) >= 11 is 0. The number of carbonyl (C=O) groups excluding carboxylic acids is 1. The second-order valence-corrected chi connectivity index (χ2v) is 6.12. The number of pyridine rings is 1. The lowest BCUT2D eigenvalue weighted by atomic mass is 9.93. The van der Waals surface area contributed by atoms with E-state index < -0.39 is 0 Å². The maximum atomic E-state index is 12.5. The quantitative estimate of drug-likeness (QED) is 0.932. The van der Waals surface area contributed by atoms with Crippen molar-refractivity contribution in [2.45, 2.75) is 25.9 Å². The van der Waals surface area contributed by atoms with Gasteiger partial charge in [0.2, 0.25) is 5.88 Å². The Balaban J connectivity index is 1.58. The van der Waals surface area contributed by atoms with Crippen molar-refractivity contribution in [2.75, 3.05) is 20.2 Å². The van der Waals surface area contributed by atoms with E-state index in [0.717, 1.165) is 18.7 Å². The topological polar surface area (TPSA) is 72.3 Å². The van der Waals surface area contributed by atoms with Crippen molar-refractivity contribution >= 4 is 6.03 Å². The second kappa shape index (κ2) is 7.33. The zero-order valence-corrected chi connectivity index (χ0v) is 14.1. The molecule has 24 heavy (non-hydrogen) atoms. The summed E-state index contributed by atoms with van der Waals surface area (Å²) in [7, 11) is 1.58. The van der Waals surface area contributed by atoms with Gasteiger partial charge in [0.05, 0.1) is 31.7 Å². The molecule has 1 fully saturated rings. The molecule has 0 aliphatic carbocycles. The largest absolute Gasteiger partial charge is 0.481 e. The average molecular weight is 329 g/mol. The number of piperidine rings is 1. The Bertz CT molecular complexity index is 673. The minimum atomic E-state index is -0.0587. The van der Waals surface area contributed by atoms with E-state index >= 15 is 0 Å². The number of hydrogen-bond acceptors (Lipinski definition) is 4. The molecule has 7 nitrogen and oxygen atoms in total. The van der Waals surface area contributed by atoms with E-state index in [1.807, 2.05) is 29.6 Å². The molecule has 0 saturated carbocycles. The third-order valence-corrected chi connectivity index (χ3v) is 4.52. The molecule has 0 spiro atoms. The summed E-state index contributed by atoms with van der Waals surface area (Å²) < 4.78 is 7.19. The Hall–Kier alpha value is -2.57. The third kappa shape index (κ3) is 3.67. The fourth-order valence-corrected chi connectivity index (χ4v) is 3.03. The minimum absolute atomic E-state index is 0.0587. The first-order valence-corrected chi connectivity index (χ1v) is 8.17. The zero-order chi connectivity index (χ0) is 16.9. The van der Waals surface area contributed by atoms with Crippen LogP contribution < -0.4 is 10.1 Å². The highest BCUT2D eigenvalue weighted by atomic mass is 16.5. The van der Waals surface area contributed by atoms with Gasteiger partial charge in [-0.1, -0.05) is 13.0 Å². The van der Waals surface area contributed by atoms with Crippen molar-refractivity contribution in [3.63, 3.8) is 0 Å². The average Bonchev–Trinajstić information content (AvgIpc) is 3.14. The van der Waals surface area contributed by atoms with E-state index in [2.05, 4.69) is 26.8 Å². The van der Waals surface area contributed by atoms with Crippen LogP contribution in [0.5, 0.6) is 5.88 Å². The highest BCUT2D eigenvalue weighted by Crippen LogP contribution is 2.27. The molecular weight excluding hydrogens is 306 g/mol. The van der Waals surface area contributed by atoms with Gasteiger partial charge in [0.1, 0.15) is 0 Å². The minimum Gasteiger partial charge on any atom is -0.481 e. The van der Waals surface area contributed by atoms with Crippen LogP contribution in [-0.4, -0.2) is 45.7 Å². The van der Waals surface area contributed by atoms with E-state index in [-0.39, 0.29) is 12.1 Å². The van der Waals surface area contributed by atoms with Gasteiger partial charge in [0.25, 0.3) is 0 Å². The van der Waals surface area contributed by atoms with Crippen molar-refractivity contribution in [1.29, 1.82) is 0 Å². The molecule has 3 rings (SSSR count). The van der Waals surface area contributed by atoms with Gasteiger partial charge in [-0.25, -0.2) is 14.8 Å². The number of likely N-dealkylation sites (tertiary alicyclic amines) is 1. The van der Waals surface area contributed by atoms with Crippen LogP contribution in [0.15, 0.2) is 36.9 Å². The molecule has 2 aromatic heterocycles. The first kappa shape index (κ1) is 16.3. The number of nitrogens with zero attached hydrogens (tertiary/aromatic N) is 4. The van der Waals surface area contributed by atoms with Crippen LogP contribution in [0.4, 0.5) is 4.79 Å². The number of ether oxygens (including phenoxy) is 1. The van der Waals surface area contributed by atoms with Crippen molar-refractivity contribution < 1.29 is 9.53 Å². The molecule has 2 unspecified atom stereocenters. The molecule has 2 aromatic rings. The van der Waals surface area contributed by atoms with Crippen molar-refractivity contribution in [2.24, 2.45) is 5.92 Å². The molecule has 1 saturated heterocycles. The number of carbonyl (C=O) groups is 1. The predicted octanol–water partition coefficient (Wildman–Crippen LogP) is 2.08. The normalized spacial score (nSPS) is 20.7. The van der Waals surface area contributed by atoms with Crippen LogP contribution in [0.2, 0.25) is 0 Å². The number of nitrogens with one attached hydrogen (secondary N) is 1. The zero-order valence-electron chi connectivity index (χ0n) is 14.1. The molecule has 1 N–H and O–H groups in total. The van der Waals surface area contributed by atoms with Crippen LogP contribution in [-0.2, 0) is 6.54 Å². The fraction of sp³-hybridized carbons (Fsp3) is 0.471. The maximum absolute atomic E-state index is 12.5. The smallest absolute Gasteiger partial charge is 0.317 e. The number of amides is 2. The lowest BCUT2D eigenvalue weighted by Crippen LogP contribution is -2.47. The summed E-state index contributed by atoms with van der Waals surface area (Å²) in [5.41, 5.74) is 0.777. The van der Waals surface area contributed by atoms with Crippen molar-refractivity contribution in [3.8, 4) is 5.88 Å². The Morgan fingerprint density at radius 2 is 2.33 bits per heavy atom. The molecular formula is C17H23N5O2. The maximum Gasteiger partial charge on any atom is 0.317 e. The molecule has 1 aliphatic rings. The SMILES string of the molecule is COc1cccc(CNC(=O)N2CCC(C)C(n3ccnc3)C2)n1. The first-order valence-electron chi connectivity index (χ1n) is 8.17. The highest BCUT2D eigenvalue weighted by molar-refractivity contribution is 5.74. The first-order chi connectivity index (χ1) is 11.7. The monoisotopic (exact) mass is 329 g/mol. The Kier molecular flexibility index (Phi) is 4.98.